The van der Waals surface area contributed by atoms with Gasteiger partial charge < -0.3 is 9.64 Å². The van der Waals surface area contributed by atoms with E-state index in [-0.39, 0.29) is 0 Å². The highest BCUT2D eigenvalue weighted by molar-refractivity contribution is 9.09. The number of ether oxygens (including phenoxy) is 1. The summed E-state index contributed by atoms with van der Waals surface area (Å²) in [7, 11) is 0. The first kappa shape index (κ1) is 11.1. The molecule has 1 aliphatic rings. The molecule has 0 amide bonds. The third kappa shape index (κ3) is 2.59. The molecule has 1 aromatic heterocycles. The molecule has 4 nitrogen and oxygen atoms in total. The van der Waals surface area contributed by atoms with Crippen molar-refractivity contribution in [1.29, 1.82) is 0 Å². The van der Waals surface area contributed by atoms with Gasteiger partial charge in [-0.2, -0.15) is 0 Å². The second-order valence-corrected chi connectivity index (χ2v) is 4.36. The summed E-state index contributed by atoms with van der Waals surface area (Å²) < 4.78 is 5.40. The quantitative estimate of drug-likeness (QED) is 0.778. The van der Waals surface area contributed by atoms with Gasteiger partial charge in [-0.3, -0.25) is 0 Å². The lowest BCUT2D eigenvalue weighted by atomic mass is 10.3. The normalized spacial score (nSPS) is 21.7. The van der Waals surface area contributed by atoms with E-state index in [9.17, 15) is 0 Å². The maximum absolute atomic E-state index is 5.74. The van der Waals surface area contributed by atoms with E-state index in [2.05, 4.69) is 30.8 Å². The molecule has 0 radical (unpaired) electrons. The Balaban J connectivity index is 2.16. The Morgan fingerprint density at radius 3 is 2.93 bits per heavy atom. The number of hydrogen-bond donors (Lipinski definition) is 0. The van der Waals surface area contributed by atoms with Crippen LogP contribution in [0, 0.1) is 0 Å². The first-order valence-electron chi connectivity index (χ1n) is 4.69. The summed E-state index contributed by atoms with van der Waals surface area (Å²) in [6, 6.07) is 0.292. The lowest BCUT2D eigenvalue weighted by Gasteiger charge is -2.34. The fourth-order valence-electron chi connectivity index (χ4n) is 1.50. The third-order valence-electron chi connectivity index (χ3n) is 2.27. The predicted octanol–water partition coefficient (Wildman–Crippen LogP) is 1.73. The fraction of sp³-hybridized carbons (Fsp3) is 0.556. The molecule has 2 rings (SSSR count). The molecule has 1 saturated heterocycles. The first-order valence-corrected chi connectivity index (χ1v) is 6.19. The Bertz CT molecular complexity index is 322. The van der Waals surface area contributed by atoms with Crippen LogP contribution in [0.1, 0.15) is 0 Å². The highest BCUT2D eigenvalue weighted by Crippen LogP contribution is 2.17. The number of halogens is 2. The summed E-state index contributed by atoms with van der Waals surface area (Å²) >= 11 is 9.20. The van der Waals surface area contributed by atoms with Gasteiger partial charge in [0.05, 0.1) is 36.7 Å². The highest BCUT2D eigenvalue weighted by atomic mass is 79.9. The third-order valence-corrected chi connectivity index (χ3v) is 3.21. The van der Waals surface area contributed by atoms with Gasteiger partial charge in [0.15, 0.2) is 0 Å². The van der Waals surface area contributed by atoms with E-state index in [1.165, 1.54) is 0 Å². The van der Waals surface area contributed by atoms with Crippen LogP contribution in [0.15, 0.2) is 12.4 Å². The number of morpholine rings is 1. The van der Waals surface area contributed by atoms with Gasteiger partial charge in [0, 0.05) is 11.9 Å². The Labute approximate surface area is 102 Å². The molecule has 0 saturated carbocycles. The van der Waals surface area contributed by atoms with Gasteiger partial charge in [0.25, 0.3) is 0 Å². The number of nitrogens with zero attached hydrogens (tertiary/aromatic N) is 3. The summed E-state index contributed by atoms with van der Waals surface area (Å²) in [5.74, 6) is 0.715. The van der Waals surface area contributed by atoms with Gasteiger partial charge in [-0.1, -0.05) is 27.5 Å². The van der Waals surface area contributed by atoms with E-state index < -0.39 is 0 Å². The molecule has 1 aromatic rings. The second kappa shape index (κ2) is 5.09. The maximum atomic E-state index is 5.74. The van der Waals surface area contributed by atoms with Crippen LogP contribution in [0.25, 0.3) is 0 Å². The number of alkyl halides is 1. The highest BCUT2D eigenvalue weighted by Gasteiger charge is 2.23. The SMILES string of the molecule is Clc1cnc(N2CCOCC2CBr)nc1. The van der Waals surface area contributed by atoms with E-state index in [4.69, 9.17) is 16.3 Å². The Morgan fingerprint density at radius 1 is 1.53 bits per heavy atom. The lowest BCUT2D eigenvalue weighted by molar-refractivity contribution is 0.0995. The molecular weight excluding hydrogens is 281 g/mol. The topological polar surface area (TPSA) is 38.2 Å². The van der Waals surface area contributed by atoms with Crippen LogP contribution in [-0.4, -0.2) is 41.1 Å². The number of hydrogen-bond acceptors (Lipinski definition) is 4. The minimum atomic E-state index is 0.292. The van der Waals surface area contributed by atoms with Crippen LogP contribution in [0.5, 0.6) is 0 Å². The van der Waals surface area contributed by atoms with Crippen molar-refractivity contribution in [3.8, 4) is 0 Å². The molecule has 0 aliphatic carbocycles. The average Bonchev–Trinajstić information content (AvgIpc) is 2.30. The molecule has 0 bridgehead atoms. The van der Waals surface area contributed by atoms with Crippen molar-refractivity contribution in [2.24, 2.45) is 0 Å². The molecule has 0 aromatic carbocycles. The summed E-state index contributed by atoms with van der Waals surface area (Å²) in [6.07, 6.45) is 3.23. The monoisotopic (exact) mass is 291 g/mol. The molecule has 1 unspecified atom stereocenters. The van der Waals surface area contributed by atoms with Gasteiger partial charge in [-0.15, -0.1) is 0 Å². The molecule has 1 aliphatic heterocycles. The minimum Gasteiger partial charge on any atom is -0.377 e. The van der Waals surface area contributed by atoms with Crippen molar-refractivity contribution in [1.82, 2.24) is 9.97 Å². The van der Waals surface area contributed by atoms with Crippen LogP contribution in [0.4, 0.5) is 5.95 Å². The molecule has 82 valence electrons. The Hall–Kier alpha value is -0.390. The lowest BCUT2D eigenvalue weighted by Crippen LogP contribution is -2.47. The van der Waals surface area contributed by atoms with Gasteiger partial charge in [-0.25, -0.2) is 9.97 Å². The van der Waals surface area contributed by atoms with Crippen molar-refractivity contribution in [2.45, 2.75) is 6.04 Å². The minimum absolute atomic E-state index is 0.292. The van der Waals surface area contributed by atoms with E-state index in [1.54, 1.807) is 12.4 Å². The van der Waals surface area contributed by atoms with Crippen molar-refractivity contribution >= 4 is 33.5 Å². The molecule has 2 heterocycles. The summed E-state index contributed by atoms with van der Waals surface area (Å²) in [5.41, 5.74) is 0. The number of aromatic nitrogens is 2. The van der Waals surface area contributed by atoms with Crippen molar-refractivity contribution < 1.29 is 4.74 Å². The van der Waals surface area contributed by atoms with Crippen LogP contribution in [0.2, 0.25) is 5.02 Å². The van der Waals surface area contributed by atoms with Gasteiger partial charge in [-0.05, 0) is 0 Å². The zero-order valence-electron chi connectivity index (χ0n) is 8.07. The predicted molar refractivity (Wildman–Crippen MR) is 62.8 cm³/mol. The van der Waals surface area contributed by atoms with Crippen molar-refractivity contribution in [3.05, 3.63) is 17.4 Å². The van der Waals surface area contributed by atoms with E-state index in [0.717, 1.165) is 18.5 Å². The average molecular weight is 293 g/mol. The molecule has 1 atom stereocenters. The van der Waals surface area contributed by atoms with Crippen LogP contribution in [0.3, 0.4) is 0 Å². The first-order chi connectivity index (χ1) is 7.31. The molecular formula is C9H11BrClN3O. The van der Waals surface area contributed by atoms with Crippen molar-refractivity contribution in [3.63, 3.8) is 0 Å². The molecule has 0 spiro atoms. The molecule has 6 heteroatoms. The fourth-order valence-corrected chi connectivity index (χ4v) is 2.13. The van der Waals surface area contributed by atoms with E-state index in [1.807, 2.05) is 0 Å². The zero-order valence-corrected chi connectivity index (χ0v) is 10.4. The summed E-state index contributed by atoms with van der Waals surface area (Å²) in [4.78, 5) is 10.5. The molecule has 1 fully saturated rings. The largest absolute Gasteiger partial charge is 0.377 e. The Morgan fingerprint density at radius 2 is 2.27 bits per heavy atom. The van der Waals surface area contributed by atoms with Gasteiger partial charge in [0.1, 0.15) is 0 Å². The standard InChI is InChI=1S/C9H11BrClN3O/c10-3-8-6-15-2-1-14(8)9-12-4-7(11)5-13-9/h4-5,8H,1-3,6H2. The van der Waals surface area contributed by atoms with Crippen molar-refractivity contribution in [2.75, 3.05) is 30.0 Å². The number of anilines is 1. The van der Waals surface area contributed by atoms with Crippen LogP contribution in [-0.2, 0) is 4.74 Å². The smallest absolute Gasteiger partial charge is 0.225 e. The summed E-state index contributed by atoms with van der Waals surface area (Å²) in [5, 5.41) is 1.40. The second-order valence-electron chi connectivity index (χ2n) is 3.28. The maximum Gasteiger partial charge on any atom is 0.225 e. The summed E-state index contributed by atoms with van der Waals surface area (Å²) in [6.45, 7) is 2.24. The van der Waals surface area contributed by atoms with Gasteiger partial charge in [0.2, 0.25) is 5.95 Å². The van der Waals surface area contributed by atoms with Gasteiger partial charge >= 0.3 is 0 Å². The van der Waals surface area contributed by atoms with E-state index >= 15 is 0 Å². The van der Waals surface area contributed by atoms with Crippen LogP contribution < -0.4 is 4.90 Å². The Kier molecular flexibility index (Phi) is 3.77. The molecule has 0 N–H and O–H groups in total. The molecule has 15 heavy (non-hydrogen) atoms. The van der Waals surface area contributed by atoms with E-state index in [0.29, 0.717) is 23.6 Å². The van der Waals surface area contributed by atoms with Crippen LogP contribution >= 0.6 is 27.5 Å². The number of rotatable bonds is 2. The zero-order chi connectivity index (χ0) is 10.7.